The van der Waals surface area contributed by atoms with Crippen molar-refractivity contribution in [1.29, 1.82) is 0 Å². The number of benzene rings is 2. The fourth-order valence-electron chi connectivity index (χ4n) is 2.76. The minimum absolute atomic E-state index is 0.183. The molecule has 1 amide bonds. The van der Waals surface area contributed by atoms with Gasteiger partial charge in [-0.3, -0.25) is 14.4 Å². The minimum atomic E-state index is -0.778. The Balaban J connectivity index is 1.84. The van der Waals surface area contributed by atoms with Crippen molar-refractivity contribution >= 4 is 16.9 Å². The molecule has 9 heteroatoms. The Morgan fingerprint density at radius 3 is 2.11 bits per heavy atom. The van der Waals surface area contributed by atoms with Gasteiger partial charge in [0, 0.05) is 23.7 Å². The summed E-state index contributed by atoms with van der Waals surface area (Å²) in [7, 11) is 4.57. The average Bonchev–Trinajstić information content (AvgIpc) is 2.71. The lowest BCUT2D eigenvalue weighted by molar-refractivity contribution is 0.0950. The molecule has 0 unspecified atom stereocenters. The molecule has 146 valence electrons. The first-order chi connectivity index (χ1) is 13.5. The van der Waals surface area contributed by atoms with E-state index in [2.05, 4.69) is 15.3 Å². The van der Waals surface area contributed by atoms with E-state index < -0.39 is 11.1 Å². The summed E-state index contributed by atoms with van der Waals surface area (Å²) in [6.45, 7) is 0.183. The van der Waals surface area contributed by atoms with Crippen molar-refractivity contribution in [2.75, 3.05) is 21.3 Å². The Morgan fingerprint density at radius 1 is 0.857 bits per heavy atom. The van der Waals surface area contributed by atoms with Crippen LogP contribution in [0.15, 0.2) is 39.9 Å². The van der Waals surface area contributed by atoms with Gasteiger partial charge in [-0.1, -0.05) is 0 Å². The predicted molar refractivity (Wildman–Crippen MR) is 102 cm³/mol. The summed E-state index contributed by atoms with van der Waals surface area (Å²) in [5, 5.41) is 2.79. The van der Waals surface area contributed by atoms with Crippen molar-refractivity contribution in [2.45, 2.75) is 6.54 Å². The molecule has 1 heterocycles. The van der Waals surface area contributed by atoms with Crippen LogP contribution in [0.25, 0.3) is 11.0 Å². The van der Waals surface area contributed by atoms with Crippen LogP contribution in [0.2, 0.25) is 0 Å². The first kappa shape index (κ1) is 19.0. The second-order valence-electron chi connectivity index (χ2n) is 5.87. The number of ether oxygens (including phenoxy) is 3. The van der Waals surface area contributed by atoms with Gasteiger partial charge in [0.1, 0.15) is 5.75 Å². The molecule has 0 fully saturated rings. The molecule has 9 nitrogen and oxygen atoms in total. The van der Waals surface area contributed by atoms with Crippen LogP contribution in [-0.2, 0) is 6.54 Å². The molecule has 3 N–H and O–H groups in total. The smallest absolute Gasteiger partial charge is 0.314 e. The first-order valence-corrected chi connectivity index (χ1v) is 8.30. The molecule has 0 saturated heterocycles. The number of rotatable bonds is 6. The average molecular weight is 385 g/mol. The van der Waals surface area contributed by atoms with E-state index in [4.69, 9.17) is 14.2 Å². The Hall–Kier alpha value is -3.75. The molecule has 1 aromatic heterocycles. The molecule has 0 atom stereocenters. The Labute approximate surface area is 159 Å². The quantitative estimate of drug-likeness (QED) is 0.548. The topological polar surface area (TPSA) is 123 Å². The van der Waals surface area contributed by atoms with Gasteiger partial charge in [0.15, 0.2) is 11.5 Å². The van der Waals surface area contributed by atoms with E-state index in [0.717, 1.165) is 0 Å². The van der Waals surface area contributed by atoms with Gasteiger partial charge in [-0.25, -0.2) is 0 Å². The molecule has 0 aliphatic rings. The number of carbonyl (C=O) groups is 1. The first-order valence-electron chi connectivity index (χ1n) is 8.30. The van der Waals surface area contributed by atoms with Crippen LogP contribution in [0.5, 0.6) is 17.2 Å². The summed E-state index contributed by atoms with van der Waals surface area (Å²) in [6, 6.07) is 8.00. The molecule has 0 saturated carbocycles. The number of nitrogens with one attached hydrogen (secondary N) is 3. The Kier molecular flexibility index (Phi) is 5.35. The predicted octanol–water partition coefficient (Wildman–Crippen LogP) is 1.17. The van der Waals surface area contributed by atoms with Crippen LogP contribution in [0.1, 0.15) is 15.9 Å². The number of hydrogen-bond donors (Lipinski definition) is 3. The SMILES string of the molecule is COc1cc(OC)c(OC)cc1CNC(=O)c1ccc2[nH]c(=O)c(=O)[nH]c2c1. The van der Waals surface area contributed by atoms with E-state index in [1.54, 1.807) is 24.3 Å². The van der Waals surface area contributed by atoms with Crippen molar-refractivity contribution in [3.8, 4) is 17.2 Å². The van der Waals surface area contributed by atoms with Crippen molar-refractivity contribution < 1.29 is 19.0 Å². The van der Waals surface area contributed by atoms with Crippen LogP contribution in [0, 0.1) is 0 Å². The van der Waals surface area contributed by atoms with Gasteiger partial charge in [-0.05, 0) is 24.3 Å². The van der Waals surface area contributed by atoms with Crippen molar-refractivity contribution in [2.24, 2.45) is 0 Å². The van der Waals surface area contributed by atoms with Crippen LogP contribution in [-0.4, -0.2) is 37.2 Å². The summed E-state index contributed by atoms with van der Waals surface area (Å²) in [6.07, 6.45) is 0. The fourth-order valence-corrected chi connectivity index (χ4v) is 2.76. The lowest BCUT2D eigenvalue weighted by Crippen LogP contribution is -2.29. The highest BCUT2D eigenvalue weighted by atomic mass is 16.5. The van der Waals surface area contributed by atoms with Gasteiger partial charge in [-0.2, -0.15) is 0 Å². The number of hydrogen-bond acceptors (Lipinski definition) is 6. The number of amides is 1. The van der Waals surface area contributed by atoms with E-state index in [1.807, 2.05) is 0 Å². The zero-order valence-corrected chi connectivity index (χ0v) is 15.5. The lowest BCUT2D eigenvalue weighted by atomic mass is 10.1. The number of aromatic amines is 2. The third kappa shape index (κ3) is 3.68. The molecule has 28 heavy (non-hydrogen) atoms. The van der Waals surface area contributed by atoms with Gasteiger partial charge in [0.25, 0.3) is 5.91 Å². The molecule has 0 radical (unpaired) electrons. The van der Waals surface area contributed by atoms with Crippen molar-refractivity contribution in [3.05, 3.63) is 62.2 Å². The number of carbonyl (C=O) groups excluding carboxylic acids is 1. The fraction of sp³-hybridized carbons (Fsp3) is 0.211. The maximum atomic E-state index is 12.5. The third-order valence-corrected chi connectivity index (χ3v) is 4.21. The van der Waals surface area contributed by atoms with E-state index in [9.17, 15) is 14.4 Å². The molecule has 3 rings (SSSR count). The monoisotopic (exact) mass is 385 g/mol. The Bertz CT molecular complexity index is 1150. The molecular formula is C19H19N3O6. The van der Waals surface area contributed by atoms with E-state index >= 15 is 0 Å². The summed E-state index contributed by atoms with van der Waals surface area (Å²) >= 11 is 0. The van der Waals surface area contributed by atoms with Crippen LogP contribution in [0.3, 0.4) is 0 Å². The van der Waals surface area contributed by atoms with Crippen LogP contribution in [0.4, 0.5) is 0 Å². The maximum absolute atomic E-state index is 12.5. The number of methoxy groups -OCH3 is 3. The van der Waals surface area contributed by atoms with E-state index in [-0.39, 0.29) is 12.5 Å². The summed E-state index contributed by atoms with van der Waals surface area (Å²) in [5.74, 6) is 1.21. The largest absolute Gasteiger partial charge is 0.496 e. The summed E-state index contributed by atoms with van der Waals surface area (Å²) in [4.78, 5) is 40.2. The van der Waals surface area contributed by atoms with Crippen LogP contribution < -0.4 is 30.6 Å². The number of fused-ring (bicyclic) bond motifs is 1. The highest BCUT2D eigenvalue weighted by Gasteiger charge is 2.14. The molecule has 0 spiro atoms. The second kappa shape index (κ2) is 7.87. The molecule has 0 bridgehead atoms. The number of H-pyrrole nitrogens is 2. The maximum Gasteiger partial charge on any atom is 0.314 e. The van der Waals surface area contributed by atoms with E-state index in [1.165, 1.54) is 27.4 Å². The zero-order chi connectivity index (χ0) is 20.3. The third-order valence-electron chi connectivity index (χ3n) is 4.21. The van der Waals surface area contributed by atoms with Gasteiger partial charge >= 0.3 is 11.1 Å². The van der Waals surface area contributed by atoms with E-state index in [0.29, 0.717) is 39.4 Å². The standard InChI is InChI=1S/C19H19N3O6/c1-26-14-8-16(28-3)15(27-2)7-11(14)9-20-17(23)10-4-5-12-13(6-10)22-19(25)18(24)21-12/h4-8H,9H2,1-3H3,(H,20,23)(H,21,24)(H,22,25). The minimum Gasteiger partial charge on any atom is -0.496 e. The number of aromatic nitrogens is 2. The molecule has 0 aliphatic carbocycles. The van der Waals surface area contributed by atoms with Gasteiger partial charge in [-0.15, -0.1) is 0 Å². The highest BCUT2D eigenvalue weighted by molar-refractivity contribution is 5.97. The highest BCUT2D eigenvalue weighted by Crippen LogP contribution is 2.34. The Morgan fingerprint density at radius 2 is 1.46 bits per heavy atom. The second-order valence-corrected chi connectivity index (χ2v) is 5.87. The molecule has 3 aromatic rings. The van der Waals surface area contributed by atoms with Gasteiger partial charge in [0.05, 0.1) is 32.4 Å². The zero-order valence-electron chi connectivity index (χ0n) is 15.5. The summed E-state index contributed by atoms with van der Waals surface area (Å²) < 4.78 is 15.9. The van der Waals surface area contributed by atoms with Crippen molar-refractivity contribution in [3.63, 3.8) is 0 Å². The van der Waals surface area contributed by atoms with Gasteiger partial charge < -0.3 is 29.5 Å². The van der Waals surface area contributed by atoms with Crippen LogP contribution >= 0.6 is 0 Å². The van der Waals surface area contributed by atoms with Gasteiger partial charge in [0.2, 0.25) is 0 Å². The lowest BCUT2D eigenvalue weighted by Gasteiger charge is -2.14. The van der Waals surface area contributed by atoms with Crippen molar-refractivity contribution in [1.82, 2.24) is 15.3 Å². The normalized spacial score (nSPS) is 10.5. The molecule has 2 aromatic carbocycles. The molecular weight excluding hydrogens is 366 g/mol. The molecule has 0 aliphatic heterocycles. The summed E-state index contributed by atoms with van der Waals surface area (Å²) in [5.41, 5.74) is 0.302.